The van der Waals surface area contributed by atoms with Crippen molar-refractivity contribution in [3.63, 3.8) is 0 Å². The highest BCUT2D eigenvalue weighted by Crippen LogP contribution is 2.13. The maximum atomic E-state index is 11.9. The van der Waals surface area contributed by atoms with Crippen LogP contribution < -0.4 is 10.6 Å². The van der Waals surface area contributed by atoms with E-state index in [4.69, 9.17) is 0 Å². The van der Waals surface area contributed by atoms with Crippen LogP contribution in [0.2, 0.25) is 0 Å². The summed E-state index contributed by atoms with van der Waals surface area (Å²) in [5.41, 5.74) is 0. The van der Waals surface area contributed by atoms with Gasteiger partial charge in [-0.15, -0.1) is 0 Å². The lowest BCUT2D eigenvalue weighted by molar-refractivity contribution is -0.123. The Morgan fingerprint density at radius 1 is 0.394 bits per heavy atom. The molecule has 0 unspecified atom stereocenters. The molecule has 33 heavy (non-hydrogen) atoms. The Morgan fingerprint density at radius 3 is 0.909 bits per heavy atom. The number of hydrogen-bond acceptors (Lipinski definition) is 2. The average Bonchev–Trinajstić information content (AvgIpc) is 2.81. The molecule has 0 aromatic rings. The summed E-state index contributed by atoms with van der Waals surface area (Å²) in [6, 6.07) is 0. The summed E-state index contributed by atoms with van der Waals surface area (Å²) in [5, 5.41) is 5.64. The van der Waals surface area contributed by atoms with E-state index in [1.807, 2.05) is 0 Å². The van der Waals surface area contributed by atoms with Gasteiger partial charge in [-0.05, 0) is 12.8 Å². The predicted octanol–water partition coefficient (Wildman–Crippen LogP) is 8.58. The van der Waals surface area contributed by atoms with Crippen LogP contribution in [-0.4, -0.2) is 18.5 Å². The zero-order valence-corrected chi connectivity index (χ0v) is 22.5. The first-order valence-electron chi connectivity index (χ1n) is 14.7. The highest BCUT2D eigenvalue weighted by atomic mass is 16.2. The monoisotopic (exact) mass is 466 g/mol. The molecule has 4 heteroatoms. The molecular weight excluding hydrogens is 408 g/mol. The third-order valence-electron chi connectivity index (χ3n) is 6.59. The summed E-state index contributed by atoms with van der Waals surface area (Å²) in [6.07, 6.45) is 29.5. The van der Waals surface area contributed by atoms with E-state index in [-0.39, 0.29) is 18.5 Å². The molecule has 196 valence electrons. The van der Waals surface area contributed by atoms with Crippen LogP contribution in [0.15, 0.2) is 0 Å². The zero-order chi connectivity index (χ0) is 24.2. The van der Waals surface area contributed by atoms with E-state index in [1.54, 1.807) is 0 Å². The lowest BCUT2D eigenvalue weighted by Gasteiger charge is -2.08. The molecule has 0 aliphatic heterocycles. The van der Waals surface area contributed by atoms with Crippen LogP contribution in [0.3, 0.4) is 0 Å². The number of carbonyl (C=O) groups is 2. The summed E-state index contributed by atoms with van der Waals surface area (Å²) >= 11 is 0. The molecule has 0 aliphatic carbocycles. The van der Waals surface area contributed by atoms with Gasteiger partial charge in [0, 0.05) is 12.8 Å². The molecule has 0 fully saturated rings. The maximum Gasteiger partial charge on any atom is 0.221 e. The Balaban J connectivity index is 3.29. The van der Waals surface area contributed by atoms with Gasteiger partial charge in [-0.1, -0.05) is 142 Å². The number of carbonyl (C=O) groups excluding carboxylic acids is 2. The molecule has 4 nitrogen and oxygen atoms in total. The molecule has 0 rings (SSSR count). The molecule has 0 aromatic carbocycles. The first-order valence-corrected chi connectivity index (χ1v) is 14.7. The van der Waals surface area contributed by atoms with E-state index in [2.05, 4.69) is 24.5 Å². The Bertz CT molecular complexity index is 388. The third-order valence-corrected chi connectivity index (χ3v) is 6.59. The van der Waals surface area contributed by atoms with Crippen molar-refractivity contribution < 1.29 is 9.59 Å². The molecule has 0 spiro atoms. The maximum absolute atomic E-state index is 11.9. The largest absolute Gasteiger partial charge is 0.339 e. The van der Waals surface area contributed by atoms with Crippen LogP contribution >= 0.6 is 0 Å². The quantitative estimate of drug-likeness (QED) is 0.0990. The number of nitrogens with one attached hydrogen (secondary N) is 2. The first-order chi connectivity index (χ1) is 16.2. The number of unbranched alkanes of at least 4 members (excludes halogenated alkanes) is 20. The Hall–Kier alpha value is -1.06. The van der Waals surface area contributed by atoms with E-state index in [0.717, 1.165) is 25.7 Å². The van der Waals surface area contributed by atoms with Crippen molar-refractivity contribution in [1.82, 2.24) is 10.6 Å². The van der Waals surface area contributed by atoms with Crippen LogP contribution in [0.5, 0.6) is 0 Å². The second-order valence-electron chi connectivity index (χ2n) is 9.95. The molecule has 0 saturated carbocycles. The van der Waals surface area contributed by atoms with Gasteiger partial charge in [0.2, 0.25) is 11.8 Å². The van der Waals surface area contributed by atoms with E-state index < -0.39 is 0 Å². The Labute approximate surface area is 206 Å². The summed E-state index contributed by atoms with van der Waals surface area (Å²) in [5.74, 6) is 0.113. The predicted molar refractivity (Wildman–Crippen MR) is 143 cm³/mol. The molecule has 0 heterocycles. The molecule has 0 aromatic heterocycles. The standard InChI is InChI=1S/C29H58N2O2/c1-3-5-7-9-11-13-15-17-19-21-23-25-28(32)30-27-31-29(33)26-24-22-20-18-16-14-12-10-8-6-4-2/h3-27H2,1-2H3,(H,30,32)(H,31,33). The topological polar surface area (TPSA) is 58.2 Å². The second-order valence-corrected chi connectivity index (χ2v) is 9.95. The minimum Gasteiger partial charge on any atom is -0.339 e. The van der Waals surface area contributed by atoms with Gasteiger partial charge < -0.3 is 10.6 Å². The first kappa shape index (κ1) is 31.9. The fourth-order valence-electron chi connectivity index (χ4n) is 4.32. The molecule has 0 aliphatic rings. The highest BCUT2D eigenvalue weighted by Gasteiger charge is 2.03. The zero-order valence-electron chi connectivity index (χ0n) is 22.5. The van der Waals surface area contributed by atoms with Crippen LogP contribution in [0.25, 0.3) is 0 Å². The molecule has 0 saturated heterocycles. The fraction of sp³-hybridized carbons (Fsp3) is 0.931. The molecule has 2 N–H and O–H groups in total. The Morgan fingerprint density at radius 2 is 0.636 bits per heavy atom. The lowest BCUT2D eigenvalue weighted by Crippen LogP contribution is -2.37. The van der Waals surface area contributed by atoms with Crippen molar-refractivity contribution >= 4 is 11.8 Å². The minimum atomic E-state index is 0.0564. The van der Waals surface area contributed by atoms with Crippen molar-refractivity contribution in [3.05, 3.63) is 0 Å². The van der Waals surface area contributed by atoms with E-state index in [0.29, 0.717) is 12.8 Å². The SMILES string of the molecule is CCCCCCCCCCCCCC(=O)NCNC(=O)CCCCCCCCCCCCC. The second kappa shape index (κ2) is 27.2. The number of amides is 2. The van der Waals surface area contributed by atoms with Gasteiger partial charge in [0.05, 0.1) is 6.67 Å². The van der Waals surface area contributed by atoms with Crippen molar-refractivity contribution in [1.29, 1.82) is 0 Å². The number of rotatable bonds is 26. The van der Waals surface area contributed by atoms with Gasteiger partial charge >= 0.3 is 0 Å². The summed E-state index contributed by atoms with van der Waals surface area (Å²) in [7, 11) is 0. The van der Waals surface area contributed by atoms with Gasteiger partial charge in [-0.25, -0.2) is 0 Å². The molecule has 0 atom stereocenters. The van der Waals surface area contributed by atoms with Crippen LogP contribution in [-0.2, 0) is 9.59 Å². The molecule has 0 radical (unpaired) electrons. The van der Waals surface area contributed by atoms with Crippen LogP contribution in [0.4, 0.5) is 0 Å². The molecular formula is C29H58N2O2. The average molecular weight is 467 g/mol. The smallest absolute Gasteiger partial charge is 0.221 e. The minimum absolute atomic E-state index is 0.0564. The van der Waals surface area contributed by atoms with Gasteiger partial charge in [0.15, 0.2) is 0 Å². The van der Waals surface area contributed by atoms with Crippen molar-refractivity contribution in [3.8, 4) is 0 Å². The number of hydrogen-bond donors (Lipinski definition) is 2. The highest BCUT2D eigenvalue weighted by molar-refractivity contribution is 5.78. The summed E-state index contributed by atoms with van der Waals surface area (Å²) in [4.78, 5) is 23.8. The third kappa shape index (κ3) is 27.1. The summed E-state index contributed by atoms with van der Waals surface area (Å²) in [6.45, 7) is 4.79. The van der Waals surface area contributed by atoms with Gasteiger partial charge in [0.1, 0.15) is 0 Å². The lowest BCUT2D eigenvalue weighted by atomic mass is 10.1. The van der Waals surface area contributed by atoms with Crippen LogP contribution in [0.1, 0.15) is 168 Å². The van der Waals surface area contributed by atoms with E-state index in [1.165, 1.54) is 116 Å². The van der Waals surface area contributed by atoms with Gasteiger partial charge in [0.25, 0.3) is 0 Å². The van der Waals surface area contributed by atoms with Gasteiger partial charge in [-0.3, -0.25) is 9.59 Å². The Kier molecular flexibility index (Phi) is 26.3. The normalized spacial score (nSPS) is 11.0. The van der Waals surface area contributed by atoms with Crippen molar-refractivity contribution in [2.75, 3.05) is 6.67 Å². The fourth-order valence-corrected chi connectivity index (χ4v) is 4.32. The van der Waals surface area contributed by atoms with E-state index >= 15 is 0 Å². The summed E-state index contributed by atoms with van der Waals surface area (Å²) < 4.78 is 0. The van der Waals surface area contributed by atoms with E-state index in [9.17, 15) is 9.59 Å². The molecule has 0 bridgehead atoms. The van der Waals surface area contributed by atoms with Crippen molar-refractivity contribution in [2.45, 2.75) is 168 Å². The molecule has 2 amide bonds. The van der Waals surface area contributed by atoms with Gasteiger partial charge in [-0.2, -0.15) is 0 Å². The van der Waals surface area contributed by atoms with Crippen molar-refractivity contribution in [2.24, 2.45) is 0 Å². The van der Waals surface area contributed by atoms with Crippen LogP contribution in [0, 0.1) is 0 Å².